The molecule has 4 nitrogen and oxygen atoms in total. The molecule has 1 heterocycles. The molecule has 0 spiro atoms. The standard InChI is InChI=1S/C9H14N2O2/c1-5(2)4-7-9(13)10-6(3)8(12)11-7/h4-6H,1-3H3,(H,10,13)(H,11,12). The van der Waals surface area contributed by atoms with E-state index in [0.717, 1.165) is 0 Å². The van der Waals surface area contributed by atoms with Crippen LogP contribution in [0.15, 0.2) is 11.8 Å². The Balaban J connectivity index is 2.78. The van der Waals surface area contributed by atoms with Gasteiger partial charge in [0.15, 0.2) is 0 Å². The van der Waals surface area contributed by atoms with Gasteiger partial charge in [0.2, 0.25) is 5.91 Å². The van der Waals surface area contributed by atoms with Crippen LogP contribution in [-0.4, -0.2) is 17.9 Å². The Labute approximate surface area is 77.4 Å². The third-order valence-corrected chi connectivity index (χ3v) is 1.74. The van der Waals surface area contributed by atoms with Crippen molar-refractivity contribution in [1.82, 2.24) is 10.6 Å². The summed E-state index contributed by atoms with van der Waals surface area (Å²) in [5.74, 6) is -0.123. The second-order valence-electron chi connectivity index (χ2n) is 3.51. The minimum atomic E-state index is -0.434. The van der Waals surface area contributed by atoms with Crippen LogP contribution in [0.25, 0.3) is 0 Å². The number of piperazine rings is 1. The lowest BCUT2D eigenvalue weighted by Gasteiger charge is -2.22. The number of carbonyl (C=O) groups is 2. The number of carbonyl (C=O) groups excluding carboxylic acids is 2. The molecule has 2 amide bonds. The van der Waals surface area contributed by atoms with Gasteiger partial charge in [0.1, 0.15) is 11.7 Å². The molecule has 1 aliphatic heterocycles. The molecule has 0 aromatic rings. The van der Waals surface area contributed by atoms with Crippen LogP contribution in [0.2, 0.25) is 0 Å². The molecular weight excluding hydrogens is 168 g/mol. The Morgan fingerprint density at radius 2 is 2.00 bits per heavy atom. The van der Waals surface area contributed by atoms with Crippen molar-refractivity contribution in [3.63, 3.8) is 0 Å². The van der Waals surface area contributed by atoms with E-state index in [1.807, 2.05) is 13.8 Å². The molecule has 0 aromatic heterocycles. The number of allylic oxidation sites excluding steroid dienone is 1. The van der Waals surface area contributed by atoms with Crippen LogP contribution in [-0.2, 0) is 9.59 Å². The van der Waals surface area contributed by atoms with Crippen LogP contribution < -0.4 is 10.6 Å². The molecule has 72 valence electrons. The summed E-state index contributed by atoms with van der Waals surface area (Å²) in [6.45, 7) is 5.55. The quantitative estimate of drug-likeness (QED) is 0.567. The molecule has 0 aromatic carbocycles. The molecule has 4 heteroatoms. The summed E-state index contributed by atoms with van der Waals surface area (Å²) in [6.07, 6.45) is 1.74. The second kappa shape index (κ2) is 3.60. The first-order valence-corrected chi connectivity index (χ1v) is 4.34. The van der Waals surface area contributed by atoms with Gasteiger partial charge in [0, 0.05) is 0 Å². The molecule has 1 aliphatic rings. The maximum absolute atomic E-state index is 11.3. The van der Waals surface area contributed by atoms with Gasteiger partial charge in [-0.05, 0) is 12.8 Å². The predicted octanol–water partition coefficient (Wildman–Crippen LogP) is 0.161. The maximum Gasteiger partial charge on any atom is 0.268 e. The molecule has 0 radical (unpaired) electrons. The lowest BCUT2D eigenvalue weighted by molar-refractivity contribution is -0.130. The highest BCUT2D eigenvalue weighted by molar-refractivity contribution is 6.04. The monoisotopic (exact) mass is 182 g/mol. The van der Waals surface area contributed by atoms with E-state index in [-0.39, 0.29) is 17.7 Å². The van der Waals surface area contributed by atoms with Crippen molar-refractivity contribution in [3.05, 3.63) is 11.8 Å². The molecule has 0 bridgehead atoms. The lowest BCUT2D eigenvalue weighted by atomic mass is 10.1. The van der Waals surface area contributed by atoms with Gasteiger partial charge >= 0.3 is 0 Å². The average Bonchev–Trinajstić information content (AvgIpc) is 1.99. The third-order valence-electron chi connectivity index (χ3n) is 1.74. The summed E-state index contributed by atoms with van der Waals surface area (Å²) in [4.78, 5) is 22.5. The van der Waals surface area contributed by atoms with E-state index in [2.05, 4.69) is 10.6 Å². The van der Waals surface area contributed by atoms with Gasteiger partial charge in [-0.15, -0.1) is 0 Å². The lowest BCUT2D eigenvalue weighted by Crippen LogP contribution is -2.53. The smallest absolute Gasteiger partial charge is 0.268 e. The van der Waals surface area contributed by atoms with Gasteiger partial charge in [-0.3, -0.25) is 9.59 Å². The molecular formula is C9H14N2O2. The molecule has 2 N–H and O–H groups in total. The number of rotatable bonds is 1. The highest BCUT2D eigenvalue weighted by atomic mass is 16.2. The molecule has 1 atom stereocenters. The van der Waals surface area contributed by atoms with Crippen LogP contribution >= 0.6 is 0 Å². The van der Waals surface area contributed by atoms with Crippen LogP contribution in [0.3, 0.4) is 0 Å². The van der Waals surface area contributed by atoms with Crippen molar-refractivity contribution in [3.8, 4) is 0 Å². The van der Waals surface area contributed by atoms with Gasteiger partial charge in [0.05, 0.1) is 0 Å². The summed E-state index contributed by atoms with van der Waals surface area (Å²) in [7, 11) is 0. The zero-order chi connectivity index (χ0) is 10.0. The van der Waals surface area contributed by atoms with E-state index in [1.165, 1.54) is 0 Å². The van der Waals surface area contributed by atoms with E-state index in [9.17, 15) is 9.59 Å². The highest BCUT2D eigenvalue weighted by Crippen LogP contribution is 2.04. The van der Waals surface area contributed by atoms with E-state index in [4.69, 9.17) is 0 Å². The number of hydrogen-bond donors (Lipinski definition) is 2. The van der Waals surface area contributed by atoms with E-state index in [0.29, 0.717) is 5.70 Å². The maximum atomic E-state index is 11.3. The van der Waals surface area contributed by atoms with Crippen molar-refractivity contribution < 1.29 is 9.59 Å². The summed E-state index contributed by atoms with van der Waals surface area (Å²) >= 11 is 0. The first-order valence-electron chi connectivity index (χ1n) is 4.34. The highest BCUT2D eigenvalue weighted by Gasteiger charge is 2.25. The van der Waals surface area contributed by atoms with Gasteiger partial charge in [-0.2, -0.15) is 0 Å². The minimum Gasteiger partial charge on any atom is -0.339 e. The number of hydrogen-bond acceptors (Lipinski definition) is 2. The van der Waals surface area contributed by atoms with Gasteiger partial charge in [0.25, 0.3) is 5.91 Å². The number of nitrogens with one attached hydrogen (secondary N) is 2. The Morgan fingerprint density at radius 3 is 2.54 bits per heavy atom. The fourth-order valence-corrected chi connectivity index (χ4v) is 1.09. The topological polar surface area (TPSA) is 58.2 Å². The third kappa shape index (κ3) is 2.31. The predicted molar refractivity (Wildman–Crippen MR) is 48.7 cm³/mol. The Hall–Kier alpha value is -1.32. The molecule has 1 unspecified atom stereocenters. The second-order valence-corrected chi connectivity index (χ2v) is 3.51. The van der Waals surface area contributed by atoms with Gasteiger partial charge in [-0.25, -0.2) is 0 Å². The normalized spacial score (nSPS) is 26.2. The average molecular weight is 182 g/mol. The molecule has 1 rings (SSSR count). The zero-order valence-electron chi connectivity index (χ0n) is 8.05. The Morgan fingerprint density at radius 1 is 1.38 bits per heavy atom. The van der Waals surface area contributed by atoms with Crippen LogP contribution in [0, 0.1) is 5.92 Å². The summed E-state index contributed by atoms with van der Waals surface area (Å²) in [5.41, 5.74) is 0.359. The molecule has 0 aliphatic carbocycles. The molecule has 0 saturated carbocycles. The van der Waals surface area contributed by atoms with Crippen molar-refractivity contribution in [2.75, 3.05) is 0 Å². The van der Waals surface area contributed by atoms with Crippen molar-refractivity contribution in [2.24, 2.45) is 5.92 Å². The SMILES string of the molecule is CC(C)C=C1NC(=O)C(C)NC1=O. The molecule has 13 heavy (non-hydrogen) atoms. The summed E-state index contributed by atoms with van der Waals surface area (Å²) in [6, 6.07) is -0.434. The molecule has 1 fully saturated rings. The van der Waals surface area contributed by atoms with Crippen molar-refractivity contribution >= 4 is 11.8 Å². The van der Waals surface area contributed by atoms with Crippen LogP contribution in [0.4, 0.5) is 0 Å². The van der Waals surface area contributed by atoms with Gasteiger partial charge < -0.3 is 10.6 Å². The fraction of sp³-hybridized carbons (Fsp3) is 0.556. The number of amides is 2. The van der Waals surface area contributed by atoms with Crippen molar-refractivity contribution in [1.29, 1.82) is 0 Å². The van der Waals surface area contributed by atoms with E-state index < -0.39 is 6.04 Å². The summed E-state index contributed by atoms with van der Waals surface area (Å²) in [5, 5.41) is 5.12. The summed E-state index contributed by atoms with van der Waals surface area (Å²) < 4.78 is 0. The first kappa shape index (κ1) is 9.77. The fourth-order valence-electron chi connectivity index (χ4n) is 1.09. The van der Waals surface area contributed by atoms with Crippen LogP contribution in [0.1, 0.15) is 20.8 Å². The molecule has 1 saturated heterocycles. The van der Waals surface area contributed by atoms with E-state index >= 15 is 0 Å². The van der Waals surface area contributed by atoms with Crippen LogP contribution in [0.5, 0.6) is 0 Å². The van der Waals surface area contributed by atoms with E-state index in [1.54, 1.807) is 13.0 Å². The zero-order valence-corrected chi connectivity index (χ0v) is 8.05. The van der Waals surface area contributed by atoms with Gasteiger partial charge in [-0.1, -0.05) is 19.9 Å². The van der Waals surface area contributed by atoms with Crippen molar-refractivity contribution in [2.45, 2.75) is 26.8 Å². The Bertz CT molecular complexity index is 269. The first-order chi connectivity index (χ1) is 6.00. The minimum absolute atomic E-state index is 0.161. The Kier molecular flexibility index (Phi) is 2.70. The largest absolute Gasteiger partial charge is 0.339 e.